The van der Waals surface area contributed by atoms with E-state index in [9.17, 15) is 4.79 Å². The number of nitrogens with zero attached hydrogens (tertiary/aromatic N) is 3. The number of aromatic nitrogens is 2. The fourth-order valence-electron chi connectivity index (χ4n) is 1.89. The number of carboxylic acid groups (broad SMARTS) is 1. The molecular formula is C9H13N3O3S. The molecule has 1 aromatic heterocycles. The average molecular weight is 243 g/mol. The first-order valence-electron chi connectivity index (χ1n) is 5.08. The highest BCUT2D eigenvalue weighted by Gasteiger charge is 2.38. The van der Waals surface area contributed by atoms with E-state index >= 15 is 0 Å². The molecule has 1 aliphatic heterocycles. The Kier molecular flexibility index (Phi) is 3.35. The van der Waals surface area contributed by atoms with Crippen LogP contribution in [0.15, 0.2) is 6.33 Å². The first kappa shape index (κ1) is 11.3. The lowest BCUT2D eigenvalue weighted by Gasteiger charge is -2.28. The Morgan fingerprint density at radius 3 is 3.12 bits per heavy atom. The molecule has 0 aromatic carbocycles. The van der Waals surface area contributed by atoms with Crippen molar-refractivity contribution in [2.75, 3.05) is 24.7 Å². The minimum atomic E-state index is -0.814. The van der Waals surface area contributed by atoms with Gasteiger partial charge in [-0.2, -0.15) is 4.37 Å². The van der Waals surface area contributed by atoms with Gasteiger partial charge in [0, 0.05) is 18.1 Å². The summed E-state index contributed by atoms with van der Waals surface area (Å²) < 4.78 is 9.18. The number of carboxylic acids is 1. The molecule has 2 unspecified atom stereocenters. The van der Waals surface area contributed by atoms with Gasteiger partial charge >= 0.3 is 5.97 Å². The molecule has 0 aliphatic carbocycles. The van der Waals surface area contributed by atoms with Crippen LogP contribution in [-0.2, 0) is 9.53 Å². The monoisotopic (exact) mass is 243 g/mol. The number of rotatable bonds is 4. The van der Waals surface area contributed by atoms with Gasteiger partial charge in [-0.25, -0.2) is 4.98 Å². The molecule has 1 saturated heterocycles. The molecule has 2 heterocycles. The number of aliphatic carboxylic acids is 1. The summed E-state index contributed by atoms with van der Waals surface area (Å²) in [6.07, 6.45) is 1.48. The lowest BCUT2D eigenvalue weighted by molar-refractivity contribution is -0.141. The third-order valence-electron chi connectivity index (χ3n) is 2.70. The third kappa shape index (κ3) is 2.00. The predicted molar refractivity (Wildman–Crippen MR) is 58.7 cm³/mol. The number of carbonyl (C=O) groups is 1. The lowest BCUT2D eigenvalue weighted by atomic mass is 10.0. The van der Waals surface area contributed by atoms with Crippen molar-refractivity contribution in [2.24, 2.45) is 5.92 Å². The normalized spacial score (nSPS) is 24.6. The number of hydrogen-bond acceptors (Lipinski definition) is 6. The van der Waals surface area contributed by atoms with Gasteiger partial charge in [0.05, 0.1) is 19.3 Å². The summed E-state index contributed by atoms with van der Waals surface area (Å²) in [4.78, 5) is 17.1. The van der Waals surface area contributed by atoms with E-state index in [2.05, 4.69) is 9.36 Å². The summed E-state index contributed by atoms with van der Waals surface area (Å²) in [6, 6.07) is -0.143. The van der Waals surface area contributed by atoms with Crippen LogP contribution in [0, 0.1) is 5.92 Å². The summed E-state index contributed by atoms with van der Waals surface area (Å²) in [5.74, 6) is -1.30. The van der Waals surface area contributed by atoms with Crippen molar-refractivity contribution >= 4 is 22.6 Å². The molecule has 1 aliphatic rings. The molecule has 0 radical (unpaired) electrons. The molecule has 1 fully saturated rings. The number of hydrogen-bond donors (Lipinski definition) is 1. The molecule has 0 spiro atoms. The summed E-state index contributed by atoms with van der Waals surface area (Å²) in [7, 11) is 0. The van der Waals surface area contributed by atoms with E-state index in [4.69, 9.17) is 9.84 Å². The van der Waals surface area contributed by atoms with Crippen molar-refractivity contribution < 1.29 is 14.6 Å². The average Bonchev–Trinajstić information content (AvgIpc) is 2.88. The predicted octanol–water partition coefficient (Wildman–Crippen LogP) is 0.464. The maximum Gasteiger partial charge on any atom is 0.311 e. The second-order valence-electron chi connectivity index (χ2n) is 3.56. The Morgan fingerprint density at radius 1 is 1.75 bits per heavy atom. The first-order chi connectivity index (χ1) is 7.74. The quantitative estimate of drug-likeness (QED) is 0.828. The van der Waals surface area contributed by atoms with Gasteiger partial charge in [-0.05, 0) is 6.92 Å². The van der Waals surface area contributed by atoms with Crippen LogP contribution >= 0.6 is 11.5 Å². The van der Waals surface area contributed by atoms with Crippen LogP contribution in [0.2, 0.25) is 0 Å². The third-order valence-corrected chi connectivity index (χ3v) is 3.41. The van der Waals surface area contributed by atoms with Gasteiger partial charge in [-0.1, -0.05) is 0 Å². The van der Waals surface area contributed by atoms with Crippen LogP contribution in [0.25, 0.3) is 0 Å². The summed E-state index contributed by atoms with van der Waals surface area (Å²) in [6.45, 7) is 3.38. The molecule has 1 N–H and O–H groups in total. The van der Waals surface area contributed by atoms with Gasteiger partial charge in [0.15, 0.2) is 0 Å². The highest BCUT2D eigenvalue weighted by atomic mass is 32.1. The molecule has 2 atom stereocenters. The van der Waals surface area contributed by atoms with E-state index in [1.807, 2.05) is 11.8 Å². The molecule has 2 rings (SSSR count). The van der Waals surface area contributed by atoms with E-state index in [-0.39, 0.29) is 12.6 Å². The van der Waals surface area contributed by atoms with Crippen molar-refractivity contribution in [1.29, 1.82) is 0 Å². The van der Waals surface area contributed by atoms with Crippen LogP contribution in [0.5, 0.6) is 0 Å². The summed E-state index contributed by atoms with van der Waals surface area (Å²) in [5.41, 5.74) is 0. The molecular weight excluding hydrogens is 230 g/mol. The first-order valence-corrected chi connectivity index (χ1v) is 5.85. The van der Waals surface area contributed by atoms with E-state index < -0.39 is 11.9 Å². The van der Waals surface area contributed by atoms with Crippen molar-refractivity contribution in [1.82, 2.24) is 9.36 Å². The Hall–Kier alpha value is -1.21. The fourth-order valence-corrected chi connectivity index (χ4v) is 2.54. The SMILES string of the molecule is CCN(c1ncns1)C1COCC1C(=O)O. The maximum absolute atomic E-state index is 11.1. The molecule has 16 heavy (non-hydrogen) atoms. The number of ether oxygens (including phenoxy) is 1. The molecule has 88 valence electrons. The van der Waals surface area contributed by atoms with E-state index in [1.165, 1.54) is 17.9 Å². The number of likely N-dealkylation sites (N-methyl/N-ethyl adjacent to an activating group) is 1. The largest absolute Gasteiger partial charge is 0.481 e. The second-order valence-corrected chi connectivity index (χ2v) is 4.32. The standard InChI is InChI=1S/C9H13N3O3S/c1-2-12(9-10-5-11-16-9)7-4-15-3-6(7)8(13)14/h5-7H,2-4H2,1H3,(H,13,14). The van der Waals surface area contributed by atoms with Crippen molar-refractivity contribution in [3.05, 3.63) is 6.33 Å². The smallest absolute Gasteiger partial charge is 0.311 e. The van der Waals surface area contributed by atoms with Gasteiger partial charge < -0.3 is 14.7 Å². The maximum atomic E-state index is 11.1. The molecule has 0 amide bonds. The molecule has 0 saturated carbocycles. The zero-order valence-electron chi connectivity index (χ0n) is 8.87. The van der Waals surface area contributed by atoms with Crippen molar-refractivity contribution in [2.45, 2.75) is 13.0 Å². The molecule has 7 heteroatoms. The number of anilines is 1. The Morgan fingerprint density at radius 2 is 2.56 bits per heavy atom. The van der Waals surface area contributed by atoms with Gasteiger partial charge in [0.25, 0.3) is 0 Å². The Labute approximate surface area is 97.0 Å². The summed E-state index contributed by atoms with van der Waals surface area (Å²) >= 11 is 1.27. The van der Waals surface area contributed by atoms with E-state index in [1.54, 1.807) is 0 Å². The van der Waals surface area contributed by atoms with Gasteiger partial charge in [-0.3, -0.25) is 4.79 Å². The highest BCUT2D eigenvalue weighted by Crippen LogP contribution is 2.26. The van der Waals surface area contributed by atoms with Crippen LogP contribution in [-0.4, -0.2) is 46.2 Å². The highest BCUT2D eigenvalue weighted by molar-refractivity contribution is 7.09. The molecule has 6 nitrogen and oxygen atoms in total. The molecule has 1 aromatic rings. The van der Waals surface area contributed by atoms with Gasteiger partial charge in [-0.15, -0.1) is 0 Å². The Balaban J connectivity index is 2.18. The van der Waals surface area contributed by atoms with Crippen molar-refractivity contribution in [3.8, 4) is 0 Å². The topological polar surface area (TPSA) is 75.5 Å². The van der Waals surface area contributed by atoms with Crippen LogP contribution in [0.4, 0.5) is 5.13 Å². The van der Waals surface area contributed by atoms with Crippen LogP contribution < -0.4 is 4.90 Å². The zero-order valence-corrected chi connectivity index (χ0v) is 9.68. The minimum absolute atomic E-state index is 0.143. The minimum Gasteiger partial charge on any atom is -0.481 e. The van der Waals surface area contributed by atoms with Crippen molar-refractivity contribution in [3.63, 3.8) is 0 Å². The summed E-state index contributed by atoms with van der Waals surface area (Å²) in [5, 5.41) is 9.84. The fraction of sp³-hybridized carbons (Fsp3) is 0.667. The van der Waals surface area contributed by atoms with Gasteiger partial charge in [0.1, 0.15) is 12.2 Å². The van der Waals surface area contributed by atoms with E-state index in [0.717, 1.165) is 5.13 Å². The van der Waals surface area contributed by atoms with Gasteiger partial charge in [0.2, 0.25) is 5.13 Å². The van der Waals surface area contributed by atoms with E-state index in [0.29, 0.717) is 13.2 Å². The second kappa shape index (κ2) is 4.75. The molecule has 0 bridgehead atoms. The van der Waals surface area contributed by atoms with Crippen LogP contribution in [0.1, 0.15) is 6.92 Å². The zero-order chi connectivity index (χ0) is 11.5. The van der Waals surface area contributed by atoms with Crippen LogP contribution in [0.3, 0.4) is 0 Å². The lowest BCUT2D eigenvalue weighted by Crippen LogP contribution is -2.43. The Bertz CT molecular complexity index is 357.